The van der Waals surface area contributed by atoms with E-state index < -0.39 is 0 Å². The van der Waals surface area contributed by atoms with Crippen LogP contribution in [0.5, 0.6) is 0 Å². The molecule has 4 rings (SSSR count). The van der Waals surface area contributed by atoms with Crippen LogP contribution in [0, 0.1) is 0 Å². The van der Waals surface area contributed by atoms with Crippen LogP contribution in [0.2, 0.25) is 0 Å². The van der Waals surface area contributed by atoms with Crippen LogP contribution in [-0.4, -0.2) is 31.4 Å². The Labute approximate surface area is 166 Å². The number of benzene rings is 2. The molecule has 0 bridgehead atoms. The lowest BCUT2D eigenvalue weighted by molar-refractivity contribution is -0.117. The average Bonchev–Trinajstić information content (AvgIpc) is 2.97. The van der Waals surface area contributed by atoms with Crippen LogP contribution in [0.1, 0.15) is 48.9 Å². The van der Waals surface area contributed by atoms with Crippen molar-refractivity contribution < 1.29 is 9.59 Å². The van der Waals surface area contributed by atoms with Crippen LogP contribution >= 0.6 is 0 Å². The summed E-state index contributed by atoms with van der Waals surface area (Å²) in [5.74, 6) is -0.0973. The molecule has 0 saturated carbocycles. The Hall–Kier alpha value is -2.82. The van der Waals surface area contributed by atoms with Gasteiger partial charge in [0.15, 0.2) is 0 Å². The number of carbonyl (C=O) groups is 2. The van der Waals surface area contributed by atoms with Gasteiger partial charge in [0.05, 0.1) is 11.3 Å². The first-order chi connectivity index (χ1) is 13.7. The van der Waals surface area contributed by atoms with Gasteiger partial charge in [0.25, 0.3) is 5.91 Å². The Morgan fingerprint density at radius 1 is 0.821 bits per heavy atom. The summed E-state index contributed by atoms with van der Waals surface area (Å²) in [5, 5.41) is 2.98. The van der Waals surface area contributed by atoms with Crippen molar-refractivity contribution in [1.82, 2.24) is 0 Å². The van der Waals surface area contributed by atoms with Crippen molar-refractivity contribution >= 4 is 28.9 Å². The summed E-state index contributed by atoms with van der Waals surface area (Å²) < 4.78 is 0. The summed E-state index contributed by atoms with van der Waals surface area (Å²) >= 11 is 0. The van der Waals surface area contributed by atoms with Crippen molar-refractivity contribution in [1.29, 1.82) is 0 Å². The van der Waals surface area contributed by atoms with Gasteiger partial charge in [-0.2, -0.15) is 0 Å². The number of para-hydroxylation sites is 1. The van der Waals surface area contributed by atoms with Crippen molar-refractivity contribution in [3.05, 3.63) is 54.1 Å². The molecular weight excluding hydrogens is 350 g/mol. The van der Waals surface area contributed by atoms with Gasteiger partial charge < -0.3 is 15.1 Å². The Morgan fingerprint density at radius 3 is 2.21 bits per heavy atom. The number of amides is 2. The van der Waals surface area contributed by atoms with E-state index in [4.69, 9.17) is 0 Å². The van der Waals surface area contributed by atoms with Crippen LogP contribution in [0.4, 0.5) is 17.1 Å². The van der Waals surface area contributed by atoms with Gasteiger partial charge in [0.2, 0.25) is 5.91 Å². The molecular formula is C23H27N3O2. The first kappa shape index (κ1) is 18.5. The number of carbonyl (C=O) groups excluding carboxylic acids is 2. The van der Waals surface area contributed by atoms with Crippen molar-refractivity contribution in [3.63, 3.8) is 0 Å². The highest BCUT2D eigenvalue weighted by Crippen LogP contribution is 2.27. The van der Waals surface area contributed by atoms with E-state index in [1.54, 1.807) is 11.0 Å². The first-order valence-corrected chi connectivity index (χ1v) is 10.3. The highest BCUT2D eigenvalue weighted by molar-refractivity contribution is 6.11. The van der Waals surface area contributed by atoms with E-state index in [1.165, 1.54) is 31.4 Å². The third kappa shape index (κ3) is 4.03. The molecule has 146 valence electrons. The lowest BCUT2D eigenvalue weighted by Crippen LogP contribution is -2.27. The minimum atomic E-state index is -0.183. The molecule has 5 heteroatoms. The first-order valence-electron chi connectivity index (χ1n) is 10.3. The summed E-state index contributed by atoms with van der Waals surface area (Å²) in [6, 6.07) is 15.4. The molecule has 2 heterocycles. The number of rotatable bonds is 4. The molecule has 2 saturated heterocycles. The van der Waals surface area contributed by atoms with Crippen molar-refractivity contribution in [2.24, 2.45) is 0 Å². The molecule has 0 aromatic heterocycles. The third-order valence-corrected chi connectivity index (χ3v) is 5.61. The second-order valence-electron chi connectivity index (χ2n) is 7.57. The molecule has 0 spiro atoms. The van der Waals surface area contributed by atoms with Gasteiger partial charge in [-0.1, -0.05) is 25.0 Å². The van der Waals surface area contributed by atoms with E-state index >= 15 is 0 Å². The topological polar surface area (TPSA) is 52.7 Å². The zero-order chi connectivity index (χ0) is 19.3. The molecule has 0 unspecified atom stereocenters. The maximum atomic E-state index is 12.9. The molecule has 0 aliphatic carbocycles. The molecule has 2 fully saturated rings. The Kier molecular flexibility index (Phi) is 5.60. The number of nitrogens with zero attached hydrogens (tertiary/aromatic N) is 2. The van der Waals surface area contributed by atoms with Gasteiger partial charge in [-0.25, -0.2) is 0 Å². The molecule has 0 radical (unpaired) electrons. The Bertz CT molecular complexity index is 839. The van der Waals surface area contributed by atoms with Crippen LogP contribution in [0.3, 0.4) is 0 Å². The quantitative estimate of drug-likeness (QED) is 0.857. The van der Waals surface area contributed by atoms with Gasteiger partial charge in [-0.15, -0.1) is 0 Å². The number of hydrogen-bond donors (Lipinski definition) is 1. The molecule has 2 aromatic carbocycles. The van der Waals surface area contributed by atoms with Crippen LogP contribution in [0.25, 0.3) is 0 Å². The smallest absolute Gasteiger partial charge is 0.257 e. The average molecular weight is 377 g/mol. The van der Waals surface area contributed by atoms with Crippen molar-refractivity contribution in [3.8, 4) is 0 Å². The second kappa shape index (κ2) is 8.46. The molecule has 2 aliphatic heterocycles. The number of nitrogens with one attached hydrogen (secondary N) is 1. The lowest BCUT2D eigenvalue weighted by atomic mass is 10.1. The normalized spacial score (nSPS) is 17.5. The van der Waals surface area contributed by atoms with E-state index in [0.29, 0.717) is 24.2 Å². The zero-order valence-corrected chi connectivity index (χ0v) is 16.2. The van der Waals surface area contributed by atoms with Gasteiger partial charge in [0.1, 0.15) is 0 Å². The molecule has 2 amide bonds. The Balaban J connectivity index is 1.47. The molecule has 1 N–H and O–H groups in total. The van der Waals surface area contributed by atoms with Crippen molar-refractivity contribution in [2.75, 3.05) is 34.8 Å². The fourth-order valence-corrected chi connectivity index (χ4v) is 4.09. The summed E-state index contributed by atoms with van der Waals surface area (Å²) in [7, 11) is 0. The lowest BCUT2D eigenvalue weighted by Gasteiger charge is -2.23. The van der Waals surface area contributed by atoms with Crippen LogP contribution in [0.15, 0.2) is 48.5 Å². The fraction of sp³-hybridized carbons (Fsp3) is 0.391. The number of anilines is 3. The number of hydrogen-bond acceptors (Lipinski definition) is 3. The molecule has 5 nitrogen and oxygen atoms in total. The Morgan fingerprint density at radius 2 is 1.54 bits per heavy atom. The van der Waals surface area contributed by atoms with E-state index in [0.717, 1.165) is 25.2 Å². The summed E-state index contributed by atoms with van der Waals surface area (Å²) in [6.07, 6.45) is 6.49. The van der Waals surface area contributed by atoms with Gasteiger partial charge in [-0.3, -0.25) is 9.59 Å². The monoisotopic (exact) mass is 377 g/mol. The third-order valence-electron chi connectivity index (χ3n) is 5.61. The summed E-state index contributed by atoms with van der Waals surface area (Å²) in [5.41, 5.74) is 3.21. The minimum absolute atomic E-state index is 0.0852. The van der Waals surface area contributed by atoms with Crippen LogP contribution < -0.4 is 15.1 Å². The molecule has 2 aromatic rings. The largest absolute Gasteiger partial charge is 0.372 e. The maximum absolute atomic E-state index is 12.9. The van der Waals surface area contributed by atoms with Gasteiger partial charge >= 0.3 is 0 Å². The zero-order valence-electron chi connectivity index (χ0n) is 16.2. The predicted molar refractivity (Wildman–Crippen MR) is 113 cm³/mol. The van der Waals surface area contributed by atoms with E-state index in [-0.39, 0.29) is 11.8 Å². The van der Waals surface area contributed by atoms with E-state index in [2.05, 4.69) is 22.3 Å². The SMILES string of the molecule is O=C(Nc1ccc(N2CCCCCC2)cc1)c1ccccc1N1CCCC1=O. The predicted octanol–water partition coefficient (Wildman–Crippen LogP) is 4.45. The van der Waals surface area contributed by atoms with E-state index in [1.807, 2.05) is 30.3 Å². The standard InChI is InChI=1S/C23H27N3O2/c27-22-10-7-17-26(22)21-9-4-3-8-20(21)23(28)24-18-11-13-19(14-12-18)25-15-5-1-2-6-16-25/h3-4,8-9,11-14H,1-2,5-7,10,15-17H2,(H,24,28). The van der Waals surface area contributed by atoms with Gasteiger partial charge in [-0.05, 0) is 55.7 Å². The fourth-order valence-electron chi connectivity index (χ4n) is 4.09. The highest BCUT2D eigenvalue weighted by Gasteiger charge is 2.25. The maximum Gasteiger partial charge on any atom is 0.257 e. The van der Waals surface area contributed by atoms with Crippen LogP contribution in [-0.2, 0) is 4.79 Å². The summed E-state index contributed by atoms with van der Waals surface area (Å²) in [4.78, 5) is 29.1. The minimum Gasteiger partial charge on any atom is -0.372 e. The second-order valence-corrected chi connectivity index (χ2v) is 7.57. The molecule has 28 heavy (non-hydrogen) atoms. The van der Waals surface area contributed by atoms with Gasteiger partial charge in [0, 0.05) is 37.4 Å². The molecule has 0 atom stereocenters. The molecule has 2 aliphatic rings. The highest BCUT2D eigenvalue weighted by atomic mass is 16.2. The van der Waals surface area contributed by atoms with Crippen molar-refractivity contribution in [2.45, 2.75) is 38.5 Å². The summed E-state index contributed by atoms with van der Waals surface area (Å²) in [6.45, 7) is 2.87. The van der Waals surface area contributed by atoms with E-state index in [9.17, 15) is 9.59 Å².